The molecule has 1 aromatic carbocycles. The molecule has 0 unspecified atom stereocenters. The number of piperidine rings is 1. The van der Waals surface area contributed by atoms with E-state index in [-0.39, 0.29) is 11.8 Å². The number of rotatable bonds is 4. The monoisotopic (exact) mass is 303 g/mol. The zero-order chi connectivity index (χ0) is 16.1. The minimum atomic E-state index is -0.102. The van der Waals surface area contributed by atoms with Crippen LogP contribution in [-0.4, -0.2) is 36.3 Å². The highest BCUT2D eigenvalue weighted by Crippen LogP contribution is 2.21. The highest BCUT2D eigenvalue weighted by molar-refractivity contribution is 5.96. The standard InChI is InChI=1S/C17H25N3O2/c1-12-6-9-20(10-7-12)17(22)14-3-4-15(13(2)11-14)19-16(21)5-8-18/h3-4,11-12H,5-10,18H2,1-2H3,(H,19,21). The van der Waals surface area contributed by atoms with Crippen molar-refractivity contribution in [3.8, 4) is 0 Å². The highest BCUT2D eigenvalue weighted by atomic mass is 16.2. The number of carbonyl (C=O) groups is 2. The van der Waals surface area contributed by atoms with Crippen LogP contribution in [0, 0.1) is 12.8 Å². The summed E-state index contributed by atoms with van der Waals surface area (Å²) in [6.45, 7) is 6.11. The van der Waals surface area contributed by atoms with Crippen molar-refractivity contribution in [1.82, 2.24) is 4.90 Å². The van der Waals surface area contributed by atoms with Gasteiger partial charge >= 0.3 is 0 Å². The van der Waals surface area contributed by atoms with Gasteiger partial charge in [0.15, 0.2) is 0 Å². The zero-order valence-electron chi connectivity index (χ0n) is 13.4. The van der Waals surface area contributed by atoms with Gasteiger partial charge in [0.05, 0.1) is 0 Å². The van der Waals surface area contributed by atoms with Gasteiger partial charge in [0.2, 0.25) is 5.91 Å². The van der Waals surface area contributed by atoms with Crippen LogP contribution in [0.25, 0.3) is 0 Å². The summed E-state index contributed by atoms with van der Waals surface area (Å²) in [6, 6.07) is 5.42. The van der Waals surface area contributed by atoms with Crippen molar-refractivity contribution in [2.45, 2.75) is 33.1 Å². The minimum Gasteiger partial charge on any atom is -0.339 e. The van der Waals surface area contributed by atoms with E-state index in [0.717, 1.165) is 37.2 Å². The molecule has 1 heterocycles. The summed E-state index contributed by atoms with van der Waals surface area (Å²) < 4.78 is 0. The lowest BCUT2D eigenvalue weighted by atomic mass is 9.98. The molecular weight excluding hydrogens is 278 g/mol. The molecule has 1 aliphatic heterocycles. The Kier molecular flexibility index (Phi) is 5.55. The molecule has 120 valence electrons. The molecule has 2 rings (SSSR count). The van der Waals surface area contributed by atoms with Crippen LogP contribution in [0.15, 0.2) is 18.2 Å². The zero-order valence-corrected chi connectivity index (χ0v) is 13.4. The van der Waals surface area contributed by atoms with Gasteiger partial charge in [-0.05, 0) is 49.4 Å². The van der Waals surface area contributed by atoms with Crippen LogP contribution < -0.4 is 11.1 Å². The lowest BCUT2D eigenvalue weighted by Crippen LogP contribution is -2.37. The Bertz CT molecular complexity index is 549. The van der Waals surface area contributed by atoms with E-state index in [1.165, 1.54) is 0 Å². The first-order chi connectivity index (χ1) is 10.5. The first-order valence-electron chi connectivity index (χ1n) is 7.91. The summed E-state index contributed by atoms with van der Waals surface area (Å²) >= 11 is 0. The second kappa shape index (κ2) is 7.40. The molecule has 5 nitrogen and oxygen atoms in total. The minimum absolute atomic E-state index is 0.0786. The average molecular weight is 303 g/mol. The number of carbonyl (C=O) groups excluding carboxylic acids is 2. The Balaban J connectivity index is 2.05. The maximum Gasteiger partial charge on any atom is 0.253 e. The lowest BCUT2D eigenvalue weighted by molar-refractivity contribution is -0.116. The Morgan fingerprint density at radius 3 is 2.59 bits per heavy atom. The molecule has 0 bridgehead atoms. The van der Waals surface area contributed by atoms with Crippen LogP contribution in [0.3, 0.4) is 0 Å². The van der Waals surface area contributed by atoms with E-state index in [1.54, 1.807) is 12.1 Å². The summed E-state index contributed by atoms with van der Waals surface area (Å²) in [5.74, 6) is 0.676. The van der Waals surface area contributed by atoms with Gasteiger partial charge in [0.25, 0.3) is 5.91 Å². The molecule has 3 N–H and O–H groups in total. The number of nitrogens with two attached hydrogens (primary N) is 1. The average Bonchev–Trinajstić information content (AvgIpc) is 2.49. The fourth-order valence-corrected chi connectivity index (χ4v) is 2.68. The molecule has 1 saturated heterocycles. The third-order valence-corrected chi connectivity index (χ3v) is 4.19. The van der Waals surface area contributed by atoms with Crippen molar-refractivity contribution in [1.29, 1.82) is 0 Å². The van der Waals surface area contributed by atoms with Crippen molar-refractivity contribution in [3.05, 3.63) is 29.3 Å². The summed E-state index contributed by atoms with van der Waals surface area (Å²) in [5.41, 5.74) is 7.68. The Morgan fingerprint density at radius 1 is 1.32 bits per heavy atom. The van der Waals surface area contributed by atoms with E-state index < -0.39 is 0 Å². The molecule has 1 fully saturated rings. The molecule has 0 radical (unpaired) electrons. The number of aryl methyl sites for hydroxylation is 1. The number of benzene rings is 1. The van der Waals surface area contributed by atoms with Crippen LogP contribution >= 0.6 is 0 Å². The third-order valence-electron chi connectivity index (χ3n) is 4.19. The van der Waals surface area contributed by atoms with Gasteiger partial charge in [-0.1, -0.05) is 6.92 Å². The molecule has 0 aromatic heterocycles. The Morgan fingerprint density at radius 2 is 2.00 bits per heavy atom. The van der Waals surface area contributed by atoms with E-state index >= 15 is 0 Å². The largest absolute Gasteiger partial charge is 0.339 e. The first-order valence-corrected chi connectivity index (χ1v) is 7.91. The second-order valence-electron chi connectivity index (χ2n) is 6.09. The quantitative estimate of drug-likeness (QED) is 0.895. The van der Waals surface area contributed by atoms with Gasteiger partial charge in [-0.2, -0.15) is 0 Å². The lowest BCUT2D eigenvalue weighted by Gasteiger charge is -2.30. The van der Waals surface area contributed by atoms with E-state index in [2.05, 4.69) is 12.2 Å². The molecule has 1 aliphatic rings. The van der Waals surface area contributed by atoms with E-state index in [0.29, 0.717) is 24.4 Å². The summed E-state index contributed by atoms with van der Waals surface area (Å²) in [4.78, 5) is 26.0. The van der Waals surface area contributed by atoms with Crippen LogP contribution in [0.4, 0.5) is 5.69 Å². The number of anilines is 1. The number of nitrogens with zero attached hydrogens (tertiary/aromatic N) is 1. The highest BCUT2D eigenvalue weighted by Gasteiger charge is 2.21. The van der Waals surface area contributed by atoms with Crippen LogP contribution in [0.5, 0.6) is 0 Å². The number of likely N-dealkylation sites (tertiary alicyclic amines) is 1. The molecule has 2 amide bonds. The van der Waals surface area contributed by atoms with Crippen LogP contribution in [-0.2, 0) is 4.79 Å². The van der Waals surface area contributed by atoms with Crippen molar-refractivity contribution in [2.75, 3.05) is 25.0 Å². The third kappa shape index (κ3) is 4.07. The van der Waals surface area contributed by atoms with Gasteiger partial charge < -0.3 is 16.0 Å². The normalized spacial score (nSPS) is 15.7. The van der Waals surface area contributed by atoms with Gasteiger partial charge in [-0.3, -0.25) is 9.59 Å². The first kappa shape index (κ1) is 16.5. The molecule has 0 atom stereocenters. The fraction of sp³-hybridized carbons (Fsp3) is 0.529. The summed E-state index contributed by atoms with van der Waals surface area (Å²) in [7, 11) is 0. The summed E-state index contributed by atoms with van der Waals surface area (Å²) in [6.07, 6.45) is 2.43. The van der Waals surface area contributed by atoms with Crippen molar-refractivity contribution < 1.29 is 9.59 Å². The number of hydrogen-bond acceptors (Lipinski definition) is 3. The molecule has 22 heavy (non-hydrogen) atoms. The SMILES string of the molecule is Cc1cc(C(=O)N2CCC(C)CC2)ccc1NC(=O)CCN. The maximum absolute atomic E-state index is 12.5. The van der Waals surface area contributed by atoms with E-state index in [9.17, 15) is 9.59 Å². The number of nitrogens with one attached hydrogen (secondary N) is 1. The second-order valence-corrected chi connectivity index (χ2v) is 6.09. The summed E-state index contributed by atoms with van der Waals surface area (Å²) in [5, 5.41) is 2.82. The fourth-order valence-electron chi connectivity index (χ4n) is 2.68. The van der Waals surface area contributed by atoms with Gasteiger partial charge in [-0.25, -0.2) is 0 Å². The molecule has 0 saturated carbocycles. The Hall–Kier alpha value is -1.88. The maximum atomic E-state index is 12.5. The van der Waals surface area contributed by atoms with Gasteiger partial charge in [0, 0.05) is 37.3 Å². The molecule has 5 heteroatoms. The van der Waals surface area contributed by atoms with Crippen molar-refractivity contribution in [2.24, 2.45) is 11.7 Å². The molecular formula is C17H25N3O2. The van der Waals surface area contributed by atoms with Crippen molar-refractivity contribution >= 4 is 17.5 Å². The van der Waals surface area contributed by atoms with Gasteiger partial charge in [0.1, 0.15) is 0 Å². The molecule has 0 aliphatic carbocycles. The van der Waals surface area contributed by atoms with E-state index in [1.807, 2.05) is 17.9 Å². The van der Waals surface area contributed by atoms with Crippen LogP contribution in [0.2, 0.25) is 0 Å². The predicted molar refractivity (Wildman–Crippen MR) is 87.8 cm³/mol. The number of amides is 2. The van der Waals surface area contributed by atoms with Gasteiger partial charge in [-0.15, -0.1) is 0 Å². The van der Waals surface area contributed by atoms with Crippen LogP contribution in [0.1, 0.15) is 42.1 Å². The van der Waals surface area contributed by atoms with E-state index in [4.69, 9.17) is 5.73 Å². The van der Waals surface area contributed by atoms with Crippen molar-refractivity contribution in [3.63, 3.8) is 0 Å². The topological polar surface area (TPSA) is 75.4 Å². The molecule has 1 aromatic rings. The Labute approximate surface area is 131 Å². The molecule has 0 spiro atoms. The smallest absolute Gasteiger partial charge is 0.253 e. The predicted octanol–water partition coefficient (Wildman–Crippen LogP) is 2.15. The number of hydrogen-bond donors (Lipinski definition) is 2.